The third-order valence-electron chi connectivity index (χ3n) is 1.88. The number of aryl methyl sites for hydroxylation is 2. The van der Waals surface area contributed by atoms with E-state index in [2.05, 4.69) is 21.0 Å². The van der Waals surface area contributed by atoms with E-state index in [-0.39, 0.29) is 0 Å². The fourth-order valence-corrected chi connectivity index (χ4v) is 2.91. The minimum Gasteiger partial charge on any atom is -0.261 e. The van der Waals surface area contributed by atoms with Crippen molar-refractivity contribution in [2.75, 3.05) is 5.75 Å². The highest BCUT2D eigenvalue weighted by molar-refractivity contribution is 9.10. The number of aromatic nitrogens is 2. The molecule has 0 saturated carbocycles. The quantitative estimate of drug-likeness (QED) is 0.681. The fourth-order valence-electron chi connectivity index (χ4n) is 1.29. The molecule has 0 atom stereocenters. The van der Waals surface area contributed by atoms with E-state index in [0.717, 1.165) is 16.8 Å². The van der Waals surface area contributed by atoms with Gasteiger partial charge in [0.25, 0.3) is 0 Å². The van der Waals surface area contributed by atoms with E-state index in [9.17, 15) is 0 Å². The van der Waals surface area contributed by atoms with Gasteiger partial charge in [0.2, 0.25) is 0 Å². The molecule has 0 amide bonds. The van der Waals surface area contributed by atoms with Crippen molar-refractivity contribution in [1.29, 1.82) is 0 Å². The molecule has 0 saturated heterocycles. The molecule has 11 heavy (non-hydrogen) atoms. The Morgan fingerprint density at radius 2 is 2.45 bits per heavy atom. The molecule has 1 aliphatic rings. The summed E-state index contributed by atoms with van der Waals surface area (Å²) < 4.78 is 3.07. The lowest BCUT2D eigenvalue weighted by Gasteiger charge is -2.07. The first-order valence-corrected chi connectivity index (χ1v) is 5.52. The molecule has 0 spiro atoms. The van der Waals surface area contributed by atoms with Crippen molar-refractivity contribution < 1.29 is 0 Å². The number of nitrogens with zero attached hydrogens (tertiary/aromatic N) is 2. The molecular formula is C7H9BrN2S. The molecule has 0 radical (unpaired) electrons. The van der Waals surface area contributed by atoms with Crippen molar-refractivity contribution in [2.45, 2.75) is 12.2 Å². The number of halogens is 1. The molecule has 0 N–H and O–H groups in total. The minimum absolute atomic E-state index is 1.11. The first-order valence-electron chi connectivity index (χ1n) is 3.57. The van der Waals surface area contributed by atoms with Gasteiger partial charge in [-0.05, 0) is 21.7 Å². The van der Waals surface area contributed by atoms with Crippen LogP contribution in [0.5, 0.6) is 0 Å². The van der Waals surface area contributed by atoms with Crippen molar-refractivity contribution in [1.82, 2.24) is 9.78 Å². The lowest BCUT2D eigenvalue weighted by atomic mass is 10.2. The van der Waals surface area contributed by atoms with Crippen LogP contribution >= 0.6 is 27.7 Å². The normalized spacial score (nSPS) is 16.5. The molecule has 4 heteroatoms. The first-order chi connectivity index (χ1) is 5.29. The summed E-state index contributed by atoms with van der Waals surface area (Å²) in [7, 11) is 1.98. The molecule has 0 unspecified atom stereocenters. The predicted molar refractivity (Wildman–Crippen MR) is 50.8 cm³/mol. The van der Waals surface area contributed by atoms with Crippen LogP contribution in [-0.2, 0) is 19.2 Å². The highest BCUT2D eigenvalue weighted by Gasteiger charge is 2.17. The third-order valence-corrected chi connectivity index (χ3v) is 3.86. The summed E-state index contributed by atoms with van der Waals surface area (Å²) in [6, 6.07) is 0. The lowest BCUT2D eigenvalue weighted by molar-refractivity contribution is 0.732. The molecule has 2 rings (SSSR count). The SMILES string of the molecule is Cn1nc2c(c1Br)CSCC2. The molecule has 1 aromatic heterocycles. The number of hydrogen-bond acceptors (Lipinski definition) is 2. The summed E-state index contributed by atoms with van der Waals surface area (Å²) in [5.41, 5.74) is 2.67. The Morgan fingerprint density at radius 3 is 3.18 bits per heavy atom. The van der Waals surface area contributed by atoms with Gasteiger partial charge in [0.15, 0.2) is 0 Å². The molecule has 0 aliphatic carbocycles. The Morgan fingerprint density at radius 1 is 1.64 bits per heavy atom. The van der Waals surface area contributed by atoms with E-state index in [1.54, 1.807) is 0 Å². The topological polar surface area (TPSA) is 17.8 Å². The van der Waals surface area contributed by atoms with E-state index in [1.807, 2.05) is 23.5 Å². The molecule has 0 fully saturated rings. The average Bonchev–Trinajstić information content (AvgIpc) is 2.30. The standard InChI is InChI=1S/C7H9BrN2S/c1-10-7(8)5-4-11-3-2-6(5)9-10/h2-4H2,1H3. The predicted octanol–water partition coefficient (Wildman–Crippen LogP) is 1.97. The van der Waals surface area contributed by atoms with Gasteiger partial charge in [-0.3, -0.25) is 4.68 Å². The van der Waals surface area contributed by atoms with E-state index < -0.39 is 0 Å². The molecule has 2 nitrogen and oxygen atoms in total. The van der Waals surface area contributed by atoms with Crippen molar-refractivity contribution in [3.05, 3.63) is 15.9 Å². The molecule has 0 aromatic carbocycles. The first kappa shape index (κ1) is 7.68. The summed E-state index contributed by atoms with van der Waals surface area (Å²) in [6.07, 6.45) is 1.12. The van der Waals surface area contributed by atoms with Crippen LogP contribution in [0.15, 0.2) is 4.60 Å². The van der Waals surface area contributed by atoms with Crippen molar-refractivity contribution in [3.8, 4) is 0 Å². The lowest BCUT2D eigenvalue weighted by Crippen LogP contribution is -2.00. The second-order valence-electron chi connectivity index (χ2n) is 2.64. The Hall–Kier alpha value is 0.0400. The average molecular weight is 233 g/mol. The maximum Gasteiger partial charge on any atom is 0.108 e. The second kappa shape index (κ2) is 2.83. The summed E-state index contributed by atoms with van der Waals surface area (Å²) >= 11 is 5.50. The summed E-state index contributed by atoms with van der Waals surface area (Å²) in [6.45, 7) is 0. The van der Waals surface area contributed by atoms with Crippen LogP contribution in [-0.4, -0.2) is 15.5 Å². The molecule has 0 bridgehead atoms. The summed E-state index contributed by atoms with van der Waals surface area (Å²) in [5.74, 6) is 2.33. The molecule has 1 aromatic rings. The maximum atomic E-state index is 4.41. The Kier molecular flexibility index (Phi) is 1.97. The third kappa shape index (κ3) is 1.22. The number of thioether (sulfide) groups is 1. The molecular weight excluding hydrogens is 224 g/mol. The van der Waals surface area contributed by atoms with Gasteiger partial charge in [-0.15, -0.1) is 0 Å². The van der Waals surface area contributed by atoms with Gasteiger partial charge < -0.3 is 0 Å². The monoisotopic (exact) mass is 232 g/mol. The summed E-state index contributed by atoms with van der Waals surface area (Å²) in [4.78, 5) is 0. The fraction of sp³-hybridized carbons (Fsp3) is 0.571. The number of fused-ring (bicyclic) bond motifs is 1. The van der Waals surface area contributed by atoms with Crippen molar-refractivity contribution in [2.24, 2.45) is 7.05 Å². The maximum absolute atomic E-state index is 4.41. The number of rotatable bonds is 0. The van der Waals surface area contributed by atoms with Gasteiger partial charge in [0, 0.05) is 24.8 Å². The largest absolute Gasteiger partial charge is 0.261 e. The highest BCUT2D eigenvalue weighted by Crippen LogP contribution is 2.29. The zero-order valence-corrected chi connectivity index (χ0v) is 8.70. The van der Waals surface area contributed by atoms with E-state index in [1.165, 1.54) is 17.0 Å². The Labute approximate surface area is 78.5 Å². The van der Waals surface area contributed by atoms with Crippen LogP contribution in [0.2, 0.25) is 0 Å². The molecule has 1 aliphatic heterocycles. The van der Waals surface area contributed by atoms with Gasteiger partial charge in [-0.2, -0.15) is 16.9 Å². The van der Waals surface area contributed by atoms with Gasteiger partial charge >= 0.3 is 0 Å². The number of hydrogen-bond donors (Lipinski definition) is 0. The van der Waals surface area contributed by atoms with E-state index >= 15 is 0 Å². The van der Waals surface area contributed by atoms with Crippen LogP contribution in [0.25, 0.3) is 0 Å². The van der Waals surface area contributed by atoms with Crippen LogP contribution in [0.3, 0.4) is 0 Å². The van der Waals surface area contributed by atoms with Gasteiger partial charge in [-0.25, -0.2) is 0 Å². The Balaban J connectivity index is 2.50. The van der Waals surface area contributed by atoms with Gasteiger partial charge in [-0.1, -0.05) is 0 Å². The van der Waals surface area contributed by atoms with Gasteiger partial charge in [0.05, 0.1) is 5.69 Å². The van der Waals surface area contributed by atoms with Crippen LogP contribution in [0.1, 0.15) is 11.3 Å². The Bertz CT molecular complexity index is 282. The van der Waals surface area contributed by atoms with Gasteiger partial charge in [0.1, 0.15) is 4.60 Å². The van der Waals surface area contributed by atoms with Crippen molar-refractivity contribution in [3.63, 3.8) is 0 Å². The van der Waals surface area contributed by atoms with Crippen LogP contribution in [0.4, 0.5) is 0 Å². The zero-order valence-electron chi connectivity index (χ0n) is 6.30. The smallest absolute Gasteiger partial charge is 0.108 e. The van der Waals surface area contributed by atoms with Crippen molar-refractivity contribution >= 4 is 27.7 Å². The zero-order chi connectivity index (χ0) is 7.84. The molecule has 2 heterocycles. The van der Waals surface area contributed by atoms with Crippen LogP contribution in [0, 0.1) is 0 Å². The molecule has 60 valence electrons. The summed E-state index contributed by atoms with van der Waals surface area (Å²) in [5, 5.41) is 4.41. The van der Waals surface area contributed by atoms with Crippen LogP contribution < -0.4 is 0 Å². The second-order valence-corrected chi connectivity index (χ2v) is 4.50. The van der Waals surface area contributed by atoms with E-state index in [0.29, 0.717) is 0 Å². The minimum atomic E-state index is 1.11. The van der Waals surface area contributed by atoms with E-state index in [4.69, 9.17) is 0 Å². The highest BCUT2D eigenvalue weighted by atomic mass is 79.9.